The van der Waals surface area contributed by atoms with Gasteiger partial charge in [0.2, 0.25) is 5.91 Å². The van der Waals surface area contributed by atoms with E-state index < -0.39 is 0 Å². The van der Waals surface area contributed by atoms with E-state index in [9.17, 15) is 4.79 Å². The number of aromatic nitrogens is 2. The van der Waals surface area contributed by atoms with Gasteiger partial charge in [0.25, 0.3) is 0 Å². The van der Waals surface area contributed by atoms with Crippen molar-refractivity contribution >= 4 is 16.8 Å². The van der Waals surface area contributed by atoms with E-state index in [0.717, 1.165) is 66.8 Å². The Morgan fingerprint density at radius 3 is 2.53 bits per heavy atom. The summed E-state index contributed by atoms with van der Waals surface area (Å²) in [5.74, 6) is 1.51. The number of benzene rings is 2. The summed E-state index contributed by atoms with van der Waals surface area (Å²) in [7, 11) is 3.39. The first-order valence-corrected chi connectivity index (χ1v) is 11.6. The maximum absolute atomic E-state index is 11.2. The standard InChI is InChI=1S/C26H32N4O4/c1-32-12-11-30-9-7-19(8-10-30)16-34-24-15-22-21(14-23(24)33-2)26(29-17-28-22)20-5-3-18(4-6-20)13-25(27)31/h3-6,14-15,17,19H,7-13,16H2,1-2H3,(H2,27,31). The van der Waals surface area contributed by atoms with E-state index in [4.69, 9.17) is 19.9 Å². The van der Waals surface area contributed by atoms with Gasteiger partial charge in [-0.15, -0.1) is 0 Å². The first kappa shape index (κ1) is 23.9. The number of ether oxygens (including phenoxy) is 3. The number of nitrogens with zero attached hydrogens (tertiary/aromatic N) is 3. The minimum Gasteiger partial charge on any atom is -0.493 e. The lowest BCUT2D eigenvalue weighted by atomic mass is 9.98. The molecule has 8 heteroatoms. The van der Waals surface area contributed by atoms with Crippen LogP contribution in [-0.4, -0.2) is 67.8 Å². The smallest absolute Gasteiger partial charge is 0.221 e. The van der Waals surface area contributed by atoms with Gasteiger partial charge in [-0.2, -0.15) is 0 Å². The Bertz CT molecular complexity index is 1110. The van der Waals surface area contributed by atoms with Crippen LogP contribution in [0.3, 0.4) is 0 Å². The molecule has 180 valence electrons. The zero-order chi connectivity index (χ0) is 23.9. The molecule has 1 fully saturated rings. The highest BCUT2D eigenvalue weighted by atomic mass is 16.5. The Labute approximate surface area is 200 Å². The van der Waals surface area contributed by atoms with Gasteiger partial charge in [0, 0.05) is 30.7 Å². The quantitative estimate of drug-likeness (QED) is 0.492. The van der Waals surface area contributed by atoms with Crippen molar-refractivity contribution in [2.24, 2.45) is 11.7 Å². The van der Waals surface area contributed by atoms with Crippen molar-refractivity contribution in [3.8, 4) is 22.8 Å². The summed E-state index contributed by atoms with van der Waals surface area (Å²) in [4.78, 5) is 22.6. The van der Waals surface area contributed by atoms with Crippen molar-refractivity contribution in [1.82, 2.24) is 14.9 Å². The maximum Gasteiger partial charge on any atom is 0.221 e. The second-order valence-electron chi connectivity index (χ2n) is 8.67. The third-order valence-electron chi connectivity index (χ3n) is 6.32. The molecule has 0 aliphatic carbocycles. The van der Waals surface area contributed by atoms with E-state index in [1.165, 1.54) is 0 Å². The normalized spacial score (nSPS) is 14.9. The number of rotatable bonds is 10. The fraction of sp³-hybridized carbons (Fsp3) is 0.423. The lowest BCUT2D eigenvalue weighted by Crippen LogP contribution is -2.37. The van der Waals surface area contributed by atoms with Crippen LogP contribution in [0.4, 0.5) is 0 Å². The van der Waals surface area contributed by atoms with Gasteiger partial charge in [-0.1, -0.05) is 24.3 Å². The molecule has 1 aliphatic heterocycles. The molecule has 0 bridgehead atoms. The maximum atomic E-state index is 11.2. The number of carbonyl (C=O) groups is 1. The SMILES string of the molecule is COCCN1CCC(COc2cc3ncnc(-c4ccc(CC(N)=O)cc4)c3cc2OC)CC1. The molecule has 1 saturated heterocycles. The number of hydrogen-bond acceptors (Lipinski definition) is 7. The number of fused-ring (bicyclic) bond motifs is 1. The van der Waals surface area contributed by atoms with Crippen LogP contribution < -0.4 is 15.2 Å². The molecular formula is C26H32N4O4. The van der Waals surface area contributed by atoms with Crippen LogP contribution >= 0.6 is 0 Å². The number of primary amides is 1. The van der Waals surface area contributed by atoms with Crippen LogP contribution in [-0.2, 0) is 16.0 Å². The predicted molar refractivity (Wildman–Crippen MR) is 131 cm³/mol. The number of carbonyl (C=O) groups excluding carboxylic acids is 1. The fourth-order valence-electron chi connectivity index (χ4n) is 4.35. The molecule has 2 aromatic carbocycles. The van der Waals surface area contributed by atoms with Crippen LogP contribution in [0.5, 0.6) is 11.5 Å². The van der Waals surface area contributed by atoms with Crippen molar-refractivity contribution < 1.29 is 19.0 Å². The van der Waals surface area contributed by atoms with Crippen LogP contribution in [0.25, 0.3) is 22.2 Å². The van der Waals surface area contributed by atoms with Crippen LogP contribution in [0, 0.1) is 5.92 Å². The number of amides is 1. The second kappa shape index (κ2) is 11.3. The molecule has 0 atom stereocenters. The molecule has 0 saturated carbocycles. The molecule has 0 unspecified atom stereocenters. The average molecular weight is 465 g/mol. The summed E-state index contributed by atoms with van der Waals surface area (Å²) in [5, 5.41) is 0.876. The topological polar surface area (TPSA) is 99.8 Å². The Hall–Kier alpha value is -3.23. The van der Waals surface area contributed by atoms with Gasteiger partial charge < -0.3 is 24.8 Å². The van der Waals surface area contributed by atoms with E-state index >= 15 is 0 Å². The first-order chi connectivity index (χ1) is 16.6. The summed E-state index contributed by atoms with van der Waals surface area (Å²) in [6.07, 6.45) is 3.99. The lowest BCUT2D eigenvalue weighted by Gasteiger charge is -2.31. The molecule has 2 heterocycles. The number of likely N-dealkylation sites (tertiary alicyclic amines) is 1. The zero-order valence-electron chi connectivity index (χ0n) is 19.8. The summed E-state index contributed by atoms with van der Waals surface area (Å²) < 4.78 is 17.1. The first-order valence-electron chi connectivity index (χ1n) is 11.6. The lowest BCUT2D eigenvalue weighted by molar-refractivity contribution is -0.117. The van der Waals surface area contributed by atoms with E-state index in [-0.39, 0.29) is 12.3 Å². The minimum absolute atomic E-state index is 0.214. The molecule has 1 aliphatic rings. The van der Waals surface area contributed by atoms with E-state index in [0.29, 0.717) is 24.0 Å². The molecule has 1 aromatic heterocycles. The predicted octanol–water partition coefficient (Wildman–Crippen LogP) is 3.07. The Balaban J connectivity index is 1.49. The molecule has 4 rings (SSSR count). The van der Waals surface area contributed by atoms with Crippen LogP contribution in [0.1, 0.15) is 18.4 Å². The van der Waals surface area contributed by atoms with Gasteiger partial charge in [0.15, 0.2) is 11.5 Å². The van der Waals surface area contributed by atoms with E-state index in [2.05, 4.69) is 14.9 Å². The summed E-state index contributed by atoms with van der Waals surface area (Å²) >= 11 is 0. The Kier molecular flexibility index (Phi) is 7.92. The highest BCUT2D eigenvalue weighted by Crippen LogP contribution is 2.36. The third-order valence-corrected chi connectivity index (χ3v) is 6.32. The summed E-state index contributed by atoms with van der Waals surface area (Å²) in [5.41, 5.74) is 8.68. The molecule has 34 heavy (non-hydrogen) atoms. The highest BCUT2D eigenvalue weighted by molar-refractivity contribution is 5.94. The Morgan fingerprint density at radius 1 is 1.09 bits per heavy atom. The van der Waals surface area contributed by atoms with Gasteiger partial charge in [-0.25, -0.2) is 9.97 Å². The van der Waals surface area contributed by atoms with E-state index in [1.54, 1.807) is 20.5 Å². The number of piperidine rings is 1. The van der Waals surface area contributed by atoms with Gasteiger partial charge in [-0.05, 0) is 43.5 Å². The minimum atomic E-state index is -0.353. The molecule has 0 spiro atoms. The van der Waals surface area contributed by atoms with Crippen LogP contribution in [0.2, 0.25) is 0 Å². The summed E-state index contributed by atoms with van der Waals surface area (Å²) in [6, 6.07) is 11.5. The van der Waals surface area contributed by atoms with Crippen molar-refractivity contribution in [3.05, 3.63) is 48.3 Å². The molecule has 0 radical (unpaired) electrons. The van der Waals surface area contributed by atoms with Gasteiger partial charge in [0.05, 0.1) is 38.0 Å². The third kappa shape index (κ3) is 5.81. The highest BCUT2D eigenvalue weighted by Gasteiger charge is 2.20. The van der Waals surface area contributed by atoms with Gasteiger partial charge in [-0.3, -0.25) is 4.79 Å². The van der Waals surface area contributed by atoms with Crippen molar-refractivity contribution in [1.29, 1.82) is 0 Å². The fourth-order valence-corrected chi connectivity index (χ4v) is 4.35. The van der Waals surface area contributed by atoms with Crippen molar-refractivity contribution in [2.75, 3.05) is 47.1 Å². The molecule has 1 amide bonds. The molecular weight excluding hydrogens is 432 g/mol. The van der Waals surface area contributed by atoms with Crippen molar-refractivity contribution in [3.63, 3.8) is 0 Å². The largest absolute Gasteiger partial charge is 0.493 e. The average Bonchev–Trinajstić information content (AvgIpc) is 2.86. The van der Waals surface area contributed by atoms with Gasteiger partial charge in [0.1, 0.15) is 6.33 Å². The van der Waals surface area contributed by atoms with Gasteiger partial charge >= 0.3 is 0 Å². The molecule has 8 nitrogen and oxygen atoms in total. The molecule has 3 aromatic rings. The van der Waals surface area contributed by atoms with Crippen LogP contribution in [0.15, 0.2) is 42.7 Å². The summed E-state index contributed by atoms with van der Waals surface area (Å²) in [6.45, 7) is 4.55. The molecule has 2 N–H and O–H groups in total. The number of hydrogen-bond donors (Lipinski definition) is 1. The van der Waals surface area contributed by atoms with Crippen molar-refractivity contribution in [2.45, 2.75) is 19.3 Å². The monoisotopic (exact) mass is 464 g/mol. The number of nitrogens with two attached hydrogens (primary N) is 1. The Morgan fingerprint density at radius 2 is 1.85 bits per heavy atom. The van der Waals surface area contributed by atoms with E-state index in [1.807, 2.05) is 36.4 Å². The number of methoxy groups -OCH3 is 2. The zero-order valence-corrected chi connectivity index (χ0v) is 19.8. The second-order valence-corrected chi connectivity index (χ2v) is 8.67.